The molecule has 26 heavy (non-hydrogen) atoms. The molecule has 0 fully saturated rings. The van der Waals surface area contributed by atoms with Crippen LogP contribution in [0.5, 0.6) is 0 Å². The van der Waals surface area contributed by atoms with E-state index in [4.69, 9.17) is 18.9 Å². The van der Waals surface area contributed by atoms with E-state index in [1.54, 1.807) is 0 Å². The van der Waals surface area contributed by atoms with Gasteiger partial charge in [0.25, 0.3) is 0 Å². The van der Waals surface area contributed by atoms with Crippen LogP contribution in [0.15, 0.2) is 0 Å². The highest BCUT2D eigenvalue weighted by Crippen LogP contribution is 2.06. The molecule has 0 aliphatic carbocycles. The second kappa shape index (κ2) is 15.9. The van der Waals surface area contributed by atoms with Gasteiger partial charge in [-0.25, -0.2) is 4.79 Å². The first-order chi connectivity index (χ1) is 12.3. The lowest BCUT2D eigenvalue weighted by Crippen LogP contribution is -2.34. The topological polar surface area (TPSA) is 83.1 Å². The normalized spacial score (nSPS) is 11.2. The number of hydrogen-bond donors (Lipinski definition) is 1. The van der Waals surface area contributed by atoms with E-state index in [-0.39, 0.29) is 12.6 Å². The molecule has 0 bridgehead atoms. The third-order valence-electron chi connectivity index (χ3n) is 3.26. The number of nitrogens with one attached hydrogen (secondary N) is 1. The third kappa shape index (κ3) is 19.0. The van der Waals surface area contributed by atoms with Crippen molar-refractivity contribution in [3.8, 4) is 0 Å². The van der Waals surface area contributed by atoms with Crippen molar-refractivity contribution >= 4 is 12.1 Å². The fourth-order valence-corrected chi connectivity index (χ4v) is 2.02. The maximum atomic E-state index is 11.5. The van der Waals surface area contributed by atoms with E-state index in [2.05, 4.69) is 12.2 Å². The molecule has 0 aliphatic heterocycles. The van der Waals surface area contributed by atoms with Crippen molar-refractivity contribution in [1.29, 1.82) is 0 Å². The van der Waals surface area contributed by atoms with Gasteiger partial charge >= 0.3 is 12.1 Å². The van der Waals surface area contributed by atoms with Crippen LogP contribution in [0.4, 0.5) is 4.79 Å². The Balaban J connectivity index is 3.28. The van der Waals surface area contributed by atoms with Crippen molar-refractivity contribution in [2.45, 2.75) is 71.8 Å². The zero-order valence-corrected chi connectivity index (χ0v) is 16.9. The summed E-state index contributed by atoms with van der Waals surface area (Å²) in [6.45, 7) is 9.83. The van der Waals surface area contributed by atoms with Gasteiger partial charge in [0.05, 0.1) is 26.4 Å². The van der Waals surface area contributed by atoms with Gasteiger partial charge in [-0.2, -0.15) is 0 Å². The monoisotopic (exact) mass is 375 g/mol. The van der Waals surface area contributed by atoms with Crippen LogP contribution in [0.25, 0.3) is 0 Å². The number of rotatable bonds is 15. The van der Waals surface area contributed by atoms with E-state index in [1.807, 2.05) is 20.8 Å². The lowest BCUT2D eigenvalue weighted by atomic mass is 10.1. The molecule has 0 saturated carbocycles. The Morgan fingerprint density at radius 2 is 1.46 bits per heavy atom. The molecule has 0 atom stereocenters. The number of esters is 1. The second-order valence-electron chi connectivity index (χ2n) is 7.04. The summed E-state index contributed by atoms with van der Waals surface area (Å²) in [5.41, 5.74) is -0.503. The van der Waals surface area contributed by atoms with Crippen LogP contribution in [0.3, 0.4) is 0 Å². The zero-order valence-electron chi connectivity index (χ0n) is 16.9. The molecule has 1 amide bonds. The van der Waals surface area contributed by atoms with Crippen LogP contribution < -0.4 is 5.32 Å². The molecule has 0 aromatic heterocycles. The molecule has 0 spiro atoms. The largest absolute Gasteiger partial charge is 0.463 e. The van der Waals surface area contributed by atoms with Crippen LogP contribution >= 0.6 is 0 Å². The van der Waals surface area contributed by atoms with E-state index >= 15 is 0 Å². The zero-order chi connectivity index (χ0) is 19.7. The molecule has 0 aromatic rings. The van der Waals surface area contributed by atoms with E-state index in [0.29, 0.717) is 39.4 Å². The Morgan fingerprint density at radius 3 is 2.12 bits per heavy atom. The SMILES string of the molecule is CCCCCCCC(=O)OCCOCCOCCNC(=O)OC(C)(C)C. The van der Waals surface area contributed by atoms with Gasteiger partial charge in [-0.3, -0.25) is 4.79 Å². The molecule has 1 N–H and O–H groups in total. The summed E-state index contributed by atoms with van der Waals surface area (Å²) in [4.78, 5) is 22.9. The minimum atomic E-state index is -0.503. The van der Waals surface area contributed by atoms with Gasteiger partial charge in [0, 0.05) is 13.0 Å². The number of ether oxygens (including phenoxy) is 4. The van der Waals surface area contributed by atoms with Gasteiger partial charge in [-0.05, 0) is 27.2 Å². The Morgan fingerprint density at radius 1 is 0.846 bits per heavy atom. The molecule has 7 heteroatoms. The fraction of sp³-hybridized carbons (Fsp3) is 0.895. The summed E-state index contributed by atoms with van der Waals surface area (Å²) in [6, 6.07) is 0. The summed E-state index contributed by atoms with van der Waals surface area (Å²) < 4.78 is 20.8. The number of carbonyl (C=O) groups is 2. The van der Waals surface area contributed by atoms with E-state index in [0.717, 1.165) is 12.8 Å². The van der Waals surface area contributed by atoms with Crippen LogP contribution in [0, 0.1) is 0 Å². The minimum Gasteiger partial charge on any atom is -0.463 e. The Hall–Kier alpha value is -1.34. The highest BCUT2D eigenvalue weighted by Gasteiger charge is 2.15. The first-order valence-electron chi connectivity index (χ1n) is 9.63. The number of alkyl carbamates (subject to hydrolysis) is 1. The molecule has 0 unspecified atom stereocenters. The molecule has 0 aromatic carbocycles. The molecule has 7 nitrogen and oxygen atoms in total. The van der Waals surface area contributed by atoms with Crippen LogP contribution in [0.1, 0.15) is 66.2 Å². The molecule has 0 saturated heterocycles. The molecule has 0 radical (unpaired) electrons. The van der Waals surface area contributed by atoms with Gasteiger partial charge < -0.3 is 24.3 Å². The molecular weight excluding hydrogens is 338 g/mol. The molecule has 0 aliphatic rings. The van der Waals surface area contributed by atoms with Crippen molar-refractivity contribution in [2.75, 3.05) is 39.6 Å². The van der Waals surface area contributed by atoms with Gasteiger partial charge in [-0.15, -0.1) is 0 Å². The van der Waals surface area contributed by atoms with Crippen molar-refractivity contribution < 1.29 is 28.5 Å². The number of amides is 1. The van der Waals surface area contributed by atoms with E-state index < -0.39 is 11.7 Å². The standard InChI is InChI=1S/C19H37NO6/c1-5-6-7-8-9-10-17(21)25-16-15-24-14-13-23-12-11-20-18(22)26-19(2,3)4/h5-16H2,1-4H3,(H,20,22). The maximum Gasteiger partial charge on any atom is 0.407 e. The lowest BCUT2D eigenvalue weighted by Gasteiger charge is -2.19. The highest BCUT2D eigenvalue weighted by molar-refractivity contribution is 5.69. The predicted octanol–water partition coefficient (Wildman–Crippen LogP) is 3.45. The Bertz CT molecular complexity index is 368. The summed E-state index contributed by atoms with van der Waals surface area (Å²) in [5.74, 6) is -0.158. The lowest BCUT2D eigenvalue weighted by molar-refractivity contribution is -0.145. The molecular formula is C19H37NO6. The van der Waals surface area contributed by atoms with Crippen molar-refractivity contribution in [2.24, 2.45) is 0 Å². The average Bonchev–Trinajstić information content (AvgIpc) is 2.54. The van der Waals surface area contributed by atoms with E-state index in [9.17, 15) is 9.59 Å². The van der Waals surface area contributed by atoms with Gasteiger partial charge in [0.15, 0.2) is 0 Å². The molecule has 0 rings (SSSR count). The van der Waals surface area contributed by atoms with E-state index in [1.165, 1.54) is 19.3 Å². The smallest absolute Gasteiger partial charge is 0.407 e. The second-order valence-corrected chi connectivity index (χ2v) is 7.04. The van der Waals surface area contributed by atoms with Crippen molar-refractivity contribution in [1.82, 2.24) is 5.32 Å². The fourth-order valence-electron chi connectivity index (χ4n) is 2.02. The quantitative estimate of drug-likeness (QED) is 0.349. The van der Waals surface area contributed by atoms with Gasteiger partial charge in [0.2, 0.25) is 0 Å². The average molecular weight is 376 g/mol. The molecule has 154 valence electrons. The first kappa shape index (κ1) is 24.7. The summed E-state index contributed by atoms with van der Waals surface area (Å²) >= 11 is 0. The number of unbranched alkanes of at least 4 members (excludes halogenated alkanes) is 4. The van der Waals surface area contributed by atoms with Crippen LogP contribution in [-0.2, 0) is 23.7 Å². The highest BCUT2D eigenvalue weighted by atomic mass is 16.6. The van der Waals surface area contributed by atoms with Crippen molar-refractivity contribution in [3.05, 3.63) is 0 Å². The van der Waals surface area contributed by atoms with Crippen LogP contribution in [0.2, 0.25) is 0 Å². The Kier molecular flexibility index (Phi) is 15.1. The van der Waals surface area contributed by atoms with Crippen molar-refractivity contribution in [3.63, 3.8) is 0 Å². The number of carbonyl (C=O) groups excluding carboxylic acids is 2. The Labute approximate surface area is 158 Å². The van der Waals surface area contributed by atoms with Gasteiger partial charge in [0.1, 0.15) is 12.2 Å². The minimum absolute atomic E-state index is 0.158. The summed E-state index contributed by atoms with van der Waals surface area (Å²) in [6.07, 6.45) is 5.61. The maximum absolute atomic E-state index is 11.5. The number of hydrogen-bond acceptors (Lipinski definition) is 6. The summed E-state index contributed by atoms with van der Waals surface area (Å²) in [7, 11) is 0. The first-order valence-corrected chi connectivity index (χ1v) is 9.63. The summed E-state index contributed by atoms with van der Waals surface area (Å²) in [5, 5.41) is 2.61. The van der Waals surface area contributed by atoms with Gasteiger partial charge in [-0.1, -0.05) is 32.6 Å². The third-order valence-corrected chi connectivity index (χ3v) is 3.26. The predicted molar refractivity (Wildman–Crippen MR) is 100 cm³/mol. The van der Waals surface area contributed by atoms with Crippen LogP contribution in [-0.4, -0.2) is 57.2 Å². The molecule has 0 heterocycles.